The maximum Gasteiger partial charge on any atom is 0.270 e. The number of aryl methyl sites for hydroxylation is 2. The van der Waals surface area contributed by atoms with Crippen LogP contribution in [-0.2, 0) is 0 Å². The van der Waals surface area contributed by atoms with E-state index in [1.807, 2.05) is 44.2 Å². The van der Waals surface area contributed by atoms with E-state index in [0.29, 0.717) is 22.3 Å². The molecule has 3 aromatic rings. The lowest BCUT2D eigenvalue weighted by atomic mass is 9.91. The quantitative estimate of drug-likeness (QED) is 0.227. The van der Waals surface area contributed by atoms with Gasteiger partial charge in [0.15, 0.2) is 0 Å². The van der Waals surface area contributed by atoms with Gasteiger partial charge in [-0.1, -0.05) is 47.5 Å². The molecule has 0 saturated carbocycles. The van der Waals surface area contributed by atoms with Gasteiger partial charge in [-0.05, 0) is 76.1 Å². The number of hydrogen-bond donors (Lipinski definition) is 0. The molecule has 0 aliphatic heterocycles. The first-order chi connectivity index (χ1) is 21.7. The topological polar surface area (TPSA) is 108 Å². The van der Waals surface area contributed by atoms with E-state index in [9.17, 15) is 29.8 Å². The fourth-order valence-corrected chi connectivity index (χ4v) is 5.88. The second kappa shape index (κ2) is 11.3. The van der Waals surface area contributed by atoms with Gasteiger partial charge >= 0.3 is 0 Å². The molecule has 45 heavy (non-hydrogen) atoms. The van der Waals surface area contributed by atoms with Crippen LogP contribution < -0.4 is 0 Å². The van der Waals surface area contributed by atoms with Gasteiger partial charge in [-0.25, -0.2) is 33.8 Å². The summed E-state index contributed by atoms with van der Waals surface area (Å²) in [6, 6.07) is 20.0. The van der Waals surface area contributed by atoms with Crippen LogP contribution in [0.15, 0.2) is 59.9 Å². The maximum atomic E-state index is 13.6. The Balaban J connectivity index is 1.92. The van der Waals surface area contributed by atoms with Crippen molar-refractivity contribution in [3.8, 4) is 24.3 Å². The molecular weight excluding hydrogens is 568 g/mol. The molecule has 0 bridgehead atoms. The molecule has 0 unspecified atom stereocenters. The van der Waals surface area contributed by atoms with Gasteiger partial charge in [0.05, 0.1) is 49.1 Å². The number of fused-ring (bicyclic) bond motifs is 2. The molecule has 9 heteroatoms. The zero-order valence-electron chi connectivity index (χ0n) is 23.6. The minimum Gasteiger partial charge on any atom is -0.237 e. The first-order valence-electron chi connectivity index (χ1n) is 13.1. The summed E-state index contributed by atoms with van der Waals surface area (Å²) < 4.78 is 27.1. The van der Waals surface area contributed by atoms with Crippen molar-refractivity contribution in [3.05, 3.63) is 150 Å². The molecule has 0 heterocycles. The molecule has 0 N–H and O–H groups in total. The number of nitriles is 4. The van der Waals surface area contributed by atoms with Crippen molar-refractivity contribution in [2.75, 3.05) is 0 Å². The van der Waals surface area contributed by atoms with Gasteiger partial charge in [-0.2, -0.15) is 10.5 Å². The summed E-state index contributed by atoms with van der Waals surface area (Å²) in [6.07, 6.45) is -2.93. The molecule has 5 rings (SSSR count). The first-order valence-corrected chi connectivity index (χ1v) is 13.1. The molecule has 0 amide bonds. The van der Waals surface area contributed by atoms with E-state index >= 15 is 0 Å². The van der Waals surface area contributed by atoms with Crippen molar-refractivity contribution in [2.24, 2.45) is 0 Å². The van der Waals surface area contributed by atoms with Crippen molar-refractivity contribution in [2.45, 2.75) is 20.3 Å². The predicted molar refractivity (Wildman–Crippen MR) is 163 cm³/mol. The van der Waals surface area contributed by atoms with Crippen molar-refractivity contribution in [1.82, 2.24) is 0 Å². The third-order valence-electron chi connectivity index (χ3n) is 7.55. The molecular formula is C36H15F2N7. The van der Waals surface area contributed by atoms with E-state index in [1.54, 1.807) is 18.2 Å². The lowest BCUT2D eigenvalue weighted by Gasteiger charge is -2.13. The van der Waals surface area contributed by atoms with E-state index in [0.717, 1.165) is 17.2 Å². The molecule has 0 radical (unpaired) electrons. The van der Waals surface area contributed by atoms with Crippen molar-refractivity contribution >= 4 is 33.6 Å². The van der Waals surface area contributed by atoms with Crippen LogP contribution in [0.5, 0.6) is 0 Å². The lowest BCUT2D eigenvalue weighted by molar-refractivity contribution is 0.151. The molecule has 3 aromatic carbocycles. The van der Waals surface area contributed by atoms with Crippen molar-refractivity contribution in [3.63, 3.8) is 0 Å². The normalized spacial score (nSPS) is 15.1. The van der Waals surface area contributed by atoms with E-state index in [4.69, 9.17) is 19.7 Å². The second-order valence-electron chi connectivity index (χ2n) is 10.1. The Kier molecular flexibility index (Phi) is 7.38. The predicted octanol–water partition coefficient (Wildman–Crippen LogP) is 8.67. The van der Waals surface area contributed by atoms with Crippen molar-refractivity contribution < 1.29 is 8.78 Å². The summed E-state index contributed by atoms with van der Waals surface area (Å²) in [4.78, 5) is 10.6. The van der Waals surface area contributed by atoms with Crippen molar-refractivity contribution in [1.29, 1.82) is 21.0 Å². The van der Waals surface area contributed by atoms with E-state index in [1.165, 1.54) is 12.1 Å². The Morgan fingerprint density at radius 2 is 1.27 bits per heavy atom. The van der Waals surface area contributed by atoms with Crippen LogP contribution in [0.2, 0.25) is 0 Å². The highest BCUT2D eigenvalue weighted by molar-refractivity contribution is 6.29. The fraction of sp³-hybridized carbons (Fsp3) is 0.0833. The number of nitrogens with zero attached hydrogens (tertiary/aromatic N) is 7. The van der Waals surface area contributed by atoms with Crippen LogP contribution >= 0.6 is 0 Å². The summed E-state index contributed by atoms with van der Waals surface area (Å²) in [5.41, 5.74) is 3.22. The average molecular weight is 584 g/mol. The minimum absolute atomic E-state index is 0.00207. The third kappa shape index (κ3) is 4.51. The highest BCUT2D eigenvalue weighted by Crippen LogP contribution is 2.55. The SMILES string of the molecule is [C-]#[N+]C1=C(c2cc(C)cc(C)c2)/C(=C(/C#N)[N+]#[C-])c2cc3c(cc21)/C(=C(/C#N)[N+]#[C-])C(c1ccc(C(F)F)c(C#N)c1)=C3C#N. The molecule has 208 valence electrons. The molecule has 0 aromatic heterocycles. The molecule has 0 spiro atoms. The van der Waals surface area contributed by atoms with Gasteiger partial charge in [-0.15, -0.1) is 0 Å². The summed E-state index contributed by atoms with van der Waals surface area (Å²) in [5, 5.41) is 39.9. The Hall–Kier alpha value is -7.09. The summed E-state index contributed by atoms with van der Waals surface area (Å²) >= 11 is 0. The van der Waals surface area contributed by atoms with Crippen LogP contribution in [0, 0.1) is 78.9 Å². The third-order valence-corrected chi connectivity index (χ3v) is 7.55. The van der Waals surface area contributed by atoms with E-state index < -0.39 is 12.0 Å². The molecule has 7 nitrogen and oxygen atoms in total. The van der Waals surface area contributed by atoms with Crippen LogP contribution in [0.4, 0.5) is 8.78 Å². The van der Waals surface area contributed by atoms with Crippen LogP contribution in [-0.4, -0.2) is 0 Å². The molecule has 0 atom stereocenters. The average Bonchev–Trinajstić information content (AvgIpc) is 3.52. The molecule has 2 aliphatic rings. The number of hydrogen-bond acceptors (Lipinski definition) is 4. The van der Waals surface area contributed by atoms with Gasteiger partial charge in [0.1, 0.15) is 6.07 Å². The van der Waals surface area contributed by atoms with Crippen LogP contribution in [0.25, 0.3) is 48.1 Å². The molecule has 0 fully saturated rings. The largest absolute Gasteiger partial charge is 0.270 e. The monoisotopic (exact) mass is 583 g/mol. The molecule has 0 saturated heterocycles. The number of benzene rings is 3. The lowest BCUT2D eigenvalue weighted by Crippen LogP contribution is -1.96. The zero-order chi connectivity index (χ0) is 32.6. The fourth-order valence-electron chi connectivity index (χ4n) is 5.88. The van der Waals surface area contributed by atoms with Gasteiger partial charge in [0.2, 0.25) is 5.70 Å². The van der Waals surface area contributed by atoms with Gasteiger partial charge in [0.25, 0.3) is 17.8 Å². The first kappa shape index (κ1) is 29.4. The van der Waals surface area contributed by atoms with Crippen LogP contribution in [0.3, 0.4) is 0 Å². The summed E-state index contributed by atoms with van der Waals surface area (Å²) in [5.74, 6) is 0. The summed E-state index contributed by atoms with van der Waals surface area (Å²) in [7, 11) is 0. The van der Waals surface area contributed by atoms with E-state index in [-0.39, 0.29) is 61.6 Å². The Morgan fingerprint density at radius 3 is 1.78 bits per heavy atom. The van der Waals surface area contributed by atoms with Gasteiger partial charge < -0.3 is 0 Å². The zero-order valence-corrected chi connectivity index (χ0v) is 23.6. The Bertz CT molecular complexity index is 2280. The second-order valence-corrected chi connectivity index (χ2v) is 10.1. The van der Waals surface area contributed by atoms with Crippen LogP contribution in [0.1, 0.15) is 62.1 Å². The number of halogens is 2. The molecule has 2 aliphatic carbocycles. The minimum atomic E-state index is -2.93. The van der Waals surface area contributed by atoms with Gasteiger partial charge in [-0.3, -0.25) is 0 Å². The summed E-state index contributed by atoms with van der Waals surface area (Å²) in [6.45, 7) is 27.4. The maximum absolute atomic E-state index is 13.6. The highest BCUT2D eigenvalue weighted by Gasteiger charge is 2.37. The van der Waals surface area contributed by atoms with Gasteiger partial charge in [0, 0.05) is 11.1 Å². The Morgan fingerprint density at radius 1 is 0.689 bits per heavy atom. The number of rotatable bonds is 3. The number of alkyl halides is 2. The standard InChI is InChI=1S/C36H15F2N7/c1-18-8-19(2)10-21(9-18)32-34(30(17-42)44-4)26-12-24-25(13-27(26)35(32)45-5)33(29(16-41)43-3)31(28(24)15-40)20-6-7-23(36(37)38)22(11-20)14-39/h6-13,36H,1-2H3/b33-29+,34-30-. The van der Waals surface area contributed by atoms with E-state index in [2.05, 4.69) is 20.6 Å². The highest BCUT2D eigenvalue weighted by atomic mass is 19.3. The Labute approximate surface area is 257 Å². The smallest absolute Gasteiger partial charge is 0.237 e. The number of allylic oxidation sites excluding steroid dienone is 7.